The summed E-state index contributed by atoms with van der Waals surface area (Å²) in [4.78, 5) is 0. The largest absolute Gasteiger partial charge is 0.377 e. The molecule has 1 saturated carbocycles. The summed E-state index contributed by atoms with van der Waals surface area (Å²) in [6.07, 6.45) is 5.99. The maximum Gasteiger partial charge on any atom is 0.0666 e. The van der Waals surface area contributed by atoms with Gasteiger partial charge in [-0.2, -0.15) is 11.8 Å². The van der Waals surface area contributed by atoms with Crippen LogP contribution >= 0.6 is 11.8 Å². The van der Waals surface area contributed by atoms with Crippen molar-refractivity contribution in [1.82, 2.24) is 5.32 Å². The molecule has 3 heteroatoms. The Balaban J connectivity index is 1.57. The van der Waals surface area contributed by atoms with E-state index in [4.69, 9.17) is 4.74 Å². The first-order valence-electron chi connectivity index (χ1n) is 6.33. The molecule has 0 aromatic heterocycles. The highest BCUT2D eigenvalue weighted by atomic mass is 32.2. The number of thioether (sulfide) groups is 1. The molecule has 1 heterocycles. The van der Waals surface area contributed by atoms with Gasteiger partial charge in [0.25, 0.3) is 0 Å². The lowest BCUT2D eigenvalue weighted by Gasteiger charge is -2.17. The van der Waals surface area contributed by atoms with Crippen molar-refractivity contribution < 1.29 is 4.74 Å². The monoisotopic (exact) mass is 229 g/mol. The molecule has 1 N–H and O–H groups in total. The maximum atomic E-state index is 5.63. The van der Waals surface area contributed by atoms with Gasteiger partial charge in [-0.15, -0.1) is 0 Å². The molecule has 0 spiro atoms. The highest BCUT2D eigenvalue weighted by molar-refractivity contribution is 7.99. The van der Waals surface area contributed by atoms with Crippen molar-refractivity contribution in [2.24, 2.45) is 5.92 Å². The first-order valence-corrected chi connectivity index (χ1v) is 7.48. The fraction of sp³-hybridized carbons (Fsp3) is 1.00. The Morgan fingerprint density at radius 3 is 2.87 bits per heavy atom. The second-order valence-electron chi connectivity index (χ2n) is 4.67. The predicted octanol–water partition coefficient (Wildman–Crippen LogP) is 2.29. The van der Waals surface area contributed by atoms with Gasteiger partial charge in [-0.25, -0.2) is 0 Å². The Morgan fingerprint density at radius 1 is 1.40 bits per heavy atom. The molecule has 1 saturated heterocycles. The molecule has 0 radical (unpaired) electrons. The highest BCUT2D eigenvalue weighted by Gasteiger charge is 2.30. The number of hydrogen-bond donors (Lipinski definition) is 1. The minimum absolute atomic E-state index is 0.552. The first kappa shape index (κ1) is 11.7. The summed E-state index contributed by atoms with van der Waals surface area (Å²) in [5.74, 6) is 3.45. The van der Waals surface area contributed by atoms with Crippen molar-refractivity contribution in [3.05, 3.63) is 0 Å². The quantitative estimate of drug-likeness (QED) is 0.724. The van der Waals surface area contributed by atoms with Gasteiger partial charge in [0.15, 0.2) is 0 Å². The molecule has 2 fully saturated rings. The Morgan fingerprint density at radius 2 is 2.27 bits per heavy atom. The van der Waals surface area contributed by atoms with Gasteiger partial charge in [-0.3, -0.25) is 0 Å². The van der Waals surface area contributed by atoms with Crippen LogP contribution in [0.1, 0.15) is 32.6 Å². The first-order chi connectivity index (χ1) is 7.40. The van der Waals surface area contributed by atoms with E-state index in [-0.39, 0.29) is 0 Å². The molecule has 2 nitrogen and oxygen atoms in total. The molecule has 2 aliphatic rings. The van der Waals surface area contributed by atoms with E-state index in [0.717, 1.165) is 25.1 Å². The molecule has 15 heavy (non-hydrogen) atoms. The average Bonchev–Trinajstić information content (AvgIpc) is 2.96. The third-order valence-corrected chi connectivity index (χ3v) is 4.48. The smallest absolute Gasteiger partial charge is 0.0666 e. The maximum absolute atomic E-state index is 5.63. The minimum Gasteiger partial charge on any atom is -0.377 e. The Kier molecular flexibility index (Phi) is 4.79. The van der Waals surface area contributed by atoms with Gasteiger partial charge >= 0.3 is 0 Å². The van der Waals surface area contributed by atoms with Gasteiger partial charge in [-0.05, 0) is 38.1 Å². The molecule has 1 aliphatic carbocycles. The second kappa shape index (κ2) is 6.12. The van der Waals surface area contributed by atoms with Gasteiger partial charge in [-0.1, -0.05) is 6.92 Å². The summed E-state index contributed by atoms with van der Waals surface area (Å²) in [6, 6.07) is 0.765. The molecule has 0 bridgehead atoms. The number of hydrogen-bond acceptors (Lipinski definition) is 3. The van der Waals surface area contributed by atoms with Gasteiger partial charge in [0, 0.05) is 24.2 Å². The summed E-state index contributed by atoms with van der Waals surface area (Å²) in [5, 5.41) is 3.61. The summed E-state index contributed by atoms with van der Waals surface area (Å²) in [6.45, 7) is 4.31. The lowest BCUT2D eigenvalue weighted by Crippen LogP contribution is -2.33. The van der Waals surface area contributed by atoms with Crippen LogP contribution in [0.2, 0.25) is 0 Å². The van der Waals surface area contributed by atoms with Crippen LogP contribution in [0.5, 0.6) is 0 Å². The summed E-state index contributed by atoms with van der Waals surface area (Å²) < 4.78 is 5.63. The molecule has 88 valence electrons. The average molecular weight is 229 g/mol. The Hall–Kier alpha value is 0.270. The number of nitrogens with one attached hydrogen (secondary N) is 1. The Bertz CT molecular complexity index is 178. The molecule has 1 aliphatic heterocycles. The topological polar surface area (TPSA) is 21.3 Å². The summed E-state index contributed by atoms with van der Waals surface area (Å²) in [7, 11) is 0. The van der Waals surface area contributed by atoms with Crippen LogP contribution in [0.3, 0.4) is 0 Å². The fourth-order valence-corrected chi connectivity index (χ4v) is 3.53. The van der Waals surface area contributed by atoms with Crippen LogP contribution in [0.15, 0.2) is 0 Å². The van der Waals surface area contributed by atoms with E-state index < -0.39 is 0 Å². The van der Waals surface area contributed by atoms with E-state index in [1.165, 1.54) is 37.2 Å². The number of rotatable bonds is 7. The fourth-order valence-electron chi connectivity index (χ4n) is 2.22. The minimum atomic E-state index is 0.552. The number of ether oxygens (including phenoxy) is 1. The van der Waals surface area contributed by atoms with Crippen LogP contribution < -0.4 is 5.32 Å². The third-order valence-electron chi connectivity index (χ3n) is 3.28. The third kappa shape index (κ3) is 3.97. The second-order valence-corrected chi connectivity index (χ2v) is 5.75. The molecular weight excluding hydrogens is 206 g/mol. The zero-order chi connectivity index (χ0) is 10.5. The van der Waals surface area contributed by atoms with Gasteiger partial charge in [0.1, 0.15) is 0 Å². The Labute approximate surface area is 97.5 Å². The molecule has 0 aromatic carbocycles. The van der Waals surface area contributed by atoms with Crippen LogP contribution in [0, 0.1) is 5.92 Å². The molecule has 0 amide bonds. The van der Waals surface area contributed by atoms with Crippen molar-refractivity contribution in [3.8, 4) is 0 Å². The molecule has 0 aromatic rings. The van der Waals surface area contributed by atoms with E-state index in [0.29, 0.717) is 6.10 Å². The van der Waals surface area contributed by atoms with Gasteiger partial charge < -0.3 is 10.1 Å². The van der Waals surface area contributed by atoms with E-state index in [2.05, 4.69) is 24.0 Å². The molecule has 2 unspecified atom stereocenters. The highest BCUT2D eigenvalue weighted by Crippen LogP contribution is 2.34. The van der Waals surface area contributed by atoms with Crippen molar-refractivity contribution in [3.63, 3.8) is 0 Å². The lowest BCUT2D eigenvalue weighted by molar-refractivity contribution is 0.129. The molecule has 2 rings (SSSR count). The zero-order valence-electron chi connectivity index (χ0n) is 9.71. The zero-order valence-corrected chi connectivity index (χ0v) is 10.5. The van der Waals surface area contributed by atoms with Crippen molar-refractivity contribution in [2.45, 2.75) is 44.8 Å². The van der Waals surface area contributed by atoms with Crippen molar-refractivity contribution >= 4 is 11.8 Å². The van der Waals surface area contributed by atoms with Crippen LogP contribution in [0.4, 0.5) is 0 Å². The summed E-state index contributed by atoms with van der Waals surface area (Å²) in [5.41, 5.74) is 0. The SMILES string of the molecule is CCNC(CSCC1CCCO1)C1CC1. The van der Waals surface area contributed by atoms with Crippen molar-refractivity contribution in [2.75, 3.05) is 24.7 Å². The van der Waals surface area contributed by atoms with E-state index in [1.807, 2.05) is 0 Å². The van der Waals surface area contributed by atoms with E-state index in [1.54, 1.807) is 0 Å². The van der Waals surface area contributed by atoms with Gasteiger partial charge in [0.2, 0.25) is 0 Å². The predicted molar refractivity (Wildman–Crippen MR) is 66.5 cm³/mol. The van der Waals surface area contributed by atoms with Gasteiger partial charge in [0.05, 0.1) is 6.10 Å². The standard InChI is InChI=1S/C12H23NOS/c1-2-13-12(10-5-6-10)9-15-8-11-4-3-7-14-11/h10-13H,2-9H2,1H3. The molecular formula is C12H23NOS. The van der Waals surface area contributed by atoms with E-state index in [9.17, 15) is 0 Å². The lowest BCUT2D eigenvalue weighted by atomic mass is 10.2. The normalized spacial score (nSPS) is 28.2. The van der Waals surface area contributed by atoms with Crippen LogP contribution in [0.25, 0.3) is 0 Å². The van der Waals surface area contributed by atoms with E-state index >= 15 is 0 Å². The van der Waals surface area contributed by atoms with Crippen LogP contribution in [-0.4, -0.2) is 36.8 Å². The molecule has 2 atom stereocenters. The summed E-state index contributed by atoms with van der Waals surface area (Å²) >= 11 is 2.08. The van der Waals surface area contributed by atoms with Crippen molar-refractivity contribution in [1.29, 1.82) is 0 Å². The van der Waals surface area contributed by atoms with Crippen LogP contribution in [-0.2, 0) is 4.74 Å².